The minimum Gasteiger partial charge on any atom is -0.350 e. The van der Waals surface area contributed by atoms with E-state index >= 15 is 0 Å². The van der Waals surface area contributed by atoms with E-state index in [-0.39, 0.29) is 12.3 Å². The third kappa shape index (κ3) is 2.79. The van der Waals surface area contributed by atoms with Gasteiger partial charge in [-0.05, 0) is 42.7 Å². The molecule has 2 unspecified atom stereocenters. The highest BCUT2D eigenvalue weighted by Gasteiger charge is 2.45. The lowest BCUT2D eigenvalue weighted by atomic mass is 9.92. The molecule has 148 valence electrons. The van der Waals surface area contributed by atoms with Crippen molar-refractivity contribution in [1.82, 2.24) is 0 Å². The number of unbranched alkanes of at least 4 members (excludes halogenated alkanes) is 1. The molecular weight excluding hydrogens is 354 g/mol. The number of benzene rings is 3. The van der Waals surface area contributed by atoms with Crippen LogP contribution in [0.2, 0.25) is 0 Å². The van der Waals surface area contributed by atoms with Crippen LogP contribution >= 0.6 is 0 Å². The molecule has 3 aromatic carbocycles. The Labute approximate surface area is 174 Å². The second-order valence-electron chi connectivity index (χ2n) is 8.26. The zero-order valence-corrected chi connectivity index (χ0v) is 17.5. The molecule has 2 aliphatic rings. The molecule has 0 radical (unpaired) electrons. The number of aryl methyl sites for hydroxylation is 1. The van der Waals surface area contributed by atoms with Crippen LogP contribution in [0.4, 0.5) is 17.1 Å². The maximum absolute atomic E-state index is 2.58. The molecule has 0 amide bonds. The first kappa shape index (κ1) is 18.1. The molecule has 2 aliphatic heterocycles. The quantitative estimate of drug-likeness (QED) is 0.536. The molecular formula is C26H29N3. The van der Waals surface area contributed by atoms with E-state index in [4.69, 9.17) is 0 Å². The molecule has 29 heavy (non-hydrogen) atoms. The Morgan fingerprint density at radius 2 is 1.21 bits per heavy atom. The van der Waals surface area contributed by atoms with E-state index in [9.17, 15) is 0 Å². The average Bonchev–Trinajstić information content (AvgIpc) is 2.77. The van der Waals surface area contributed by atoms with E-state index in [1.54, 1.807) is 0 Å². The van der Waals surface area contributed by atoms with Crippen molar-refractivity contribution in [2.75, 3.05) is 28.8 Å². The van der Waals surface area contributed by atoms with Gasteiger partial charge < -0.3 is 14.7 Å². The number of hydrogen-bond donors (Lipinski definition) is 0. The Morgan fingerprint density at radius 3 is 1.72 bits per heavy atom. The first-order valence-corrected chi connectivity index (χ1v) is 10.7. The number of fused-ring (bicyclic) bond motifs is 6. The van der Waals surface area contributed by atoms with Gasteiger partial charge in [0.25, 0.3) is 0 Å². The molecule has 0 aliphatic carbocycles. The van der Waals surface area contributed by atoms with E-state index in [1.807, 2.05) is 0 Å². The van der Waals surface area contributed by atoms with E-state index < -0.39 is 0 Å². The Hall–Kier alpha value is -2.94. The zero-order valence-electron chi connectivity index (χ0n) is 17.5. The van der Waals surface area contributed by atoms with Crippen LogP contribution in [0.1, 0.15) is 48.8 Å². The van der Waals surface area contributed by atoms with Gasteiger partial charge in [-0.2, -0.15) is 0 Å². The maximum atomic E-state index is 2.58. The summed E-state index contributed by atoms with van der Waals surface area (Å²) in [6, 6.07) is 26.9. The van der Waals surface area contributed by atoms with Crippen molar-refractivity contribution in [3.8, 4) is 0 Å². The van der Waals surface area contributed by atoms with Crippen LogP contribution in [0.3, 0.4) is 0 Å². The Balaban J connectivity index is 1.65. The van der Waals surface area contributed by atoms with Crippen LogP contribution < -0.4 is 14.7 Å². The monoisotopic (exact) mass is 383 g/mol. The molecule has 0 saturated heterocycles. The molecule has 0 saturated carbocycles. The molecule has 0 N–H and O–H groups in total. The van der Waals surface area contributed by atoms with Crippen molar-refractivity contribution in [1.29, 1.82) is 0 Å². The van der Waals surface area contributed by atoms with Gasteiger partial charge in [0, 0.05) is 42.3 Å². The largest absolute Gasteiger partial charge is 0.350 e. The predicted octanol–water partition coefficient (Wildman–Crippen LogP) is 6.13. The van der Waals surface area contributed by atoms with Crippen molar-refractivity contribution in [2.45, 2.75) is 38.5 Å². The minimum atomic E-state index is 0.184. The molecule has 3 aromatic rings. The van der Waals surface area contributed by atoms with Gasteiger partial charge in [0.2, 0.25) is 0 Å². The van der Waals surface area contributed by atoms with E-state index in [1.165, 1.54) is 46.6 Å². The second kappa shape index (κ2) is 7.14. The van der Waals surface area contributed by atoms with Gasteiger partial charge in [-0.3, -0.25) is 0 Å². The molecule has 0 fully saturated rings. The van der Waals surface area contributed by atoms with Crippen LogP contribution in [0.5, 0.6) is 0 Å². The highest BCUT2D eigenvalue weighted by molar-refractivity contribution is 5.74. The average molecular weight is 384 g/mol. The van der Waals surface area contributed by atoms with Crippen molar-refractivity contribution < 1.29 is 0 Å². The fourth-order valence-electron chi connectivity index (χ4n) is 5.04. The normalized spacial score (nSPS) is 19.8. The van der Waals surface area contributed by atoms with Crippen LogP contribution in [0, 0.1) is 0 Å². The third-order valence-corrected chi connectivity index (χ3v) is 6.50. The summed E-state index contributed by atoms with van der Waals surface area (Å²) in [7, 11) is 4.45. The lowest BCUT2D eigenvalue weighted by Gasteiger charge is -2.57. The van der Waals surface area contributed by atoms with E-state index in [0.29, 0.717) is 0 Å². The van der Waals surface area contributed by atoms with Crippen LogP contribution in [0.25, 0.3) is 0 Å². The summed E-state index contributed by atoms with van der Waals surface area (Å²) < 4.78 is 0. The van der Waals surface area contributed by atoms with Crippen LogP contribution in [-0.4, -0.2) is 14.1 Å². The molecule has 3 nitrogen and oxygen atoms in total. The summed E-state index contributed by atoms with van der Waals surface area (Å²) in [6.45, 7) is 2.25. The van der Waals surface area contributed by atoms with E-state index in [2.05, 4.69) is 109 Å². The van der Waals surface area contributed by atoms with Gasteiger partial charge in [-0.1, -0.05) is 61.9 Å². The van der Waals surface area contributed by atoms with Crippen LogP contribution in [-0.2, 0) is 6.42 Å². The van der Waals surface area contributed by atoms with Gasteiger partial charge in [0.15, 0.2) is 0 Å². The second-order valence-corrected chi connectivity index (χ2v) is 8.26. The zero-order chi connectivity index (χ0) is 20.0. The number of hydrogen-bond acceptors (Lipinski definition) is 3. The van der Waals surface area contributed by atoms with Gasteiger partial charge in [0.1, 0.15) is 12.3 Å². The summed E-state index contributed by atoms with van der Waals surface area (Å²) in [5, 5.41) is 0. The summed E-state index contributed by atoms with van der Waals surface area (Å²) in [6.07, 6.45) is 4.02. The fraction of sp³-hybridized carbons (Fsp3) is 0.308. The standard InChI is InChI=1S/C26H29N3/c1-4-5-10-19-15-17-20(18-16-19)29-25-22-12-7-9-14-24(22)28(3)26(29)21-11-6-8-13-23(21)27(25)2/h6-9,11-18,25-26H,4-5,10H2,1-3H3. The fourth-order valence-corrected chi connectivity index (χ4v) is 5.04. The topological polar surface area (TPSA) is 9.72 Å². The Bertz CT molecular complexity index is 953. The van der Waals surface area contributed by atoms with Gasteiger partial charge in [0.05, 0.1) is 0 Å². The first-order valence-electron chi connectivity index (χ1n) is 10.7. The highest BCUT2D eigenvalue weighted by atomic mass is 15.5. The van der Waals surface area contributed by atoms with Gasteiger partial charge in [-0.15, -0.1) is 0 Å². The number of anilines is 3. The molecule has 2 atom stereocenters. The molecule has 2 heterocycles. The number of nitrogens with zero attached hydrogens (tertiary/aromatic N) is 3. The van der Waals surface area contributed by atoms with Crippen molar-refractivity contribution in [2.24, 2.45) is 0 Å². The molecule has 2 bridgehead atoms. The summed E-state index contributed by atoms with van der Waals surface area (Å²) >= 11 is 0. The first-order chi connectivity index (χ1) is 14.2. The van der Waals surface area contributed by atoms with Crippen molar-refractivity contribution in [3.63, 3.8) is 0 Å². The smallest absolute Gasteiger partial charge is 0.132 e. The van der Waals surface area contributed by atoms with Crippen LogP contribution in [0.15, 0.2) is 72.8 Å². The lowest BCUT2D eigenvalue weighted by molar-refractivity contribution is 0.464. The minimum absolute atomic E-state index is 0.184. The van der Waals surface area contributed by atoms with Crippen molar-refractivity contribution >= 4 is 17.1 Å². The summed E-state index contributed by atoms with van der Waals surface area (Å²) in [5.41, 5.74) is 8.07. The molecule has 0 aromatic heterocycles. The SMILES string of the molecule is CCCCc1ccc(N2C3c4ccccc4N(C)C2c2ccccc2N3C)cc1. The number of para-hydroxylation sites is 2. The lowest BCUT2D eigenvalue weighted by Crippen LogP contribution is -2.55. The third-order valence-electron chi connectivity index (χ3n) is 6.50. The molecule has 0 spiro atoms. The molecule has 5 rings (SSSR count). The maximum Gasteiger partial charge on any atom is 0.132 e. The van der Waals surface area contributed by atoms with Gasteiger partial charge in [-0.25, -0.2) is 0 Å². The molecule has 3 heteroatoms. The summed E-state index contributed by atoms with van der Waals surface area (Å²) in [5.74, 6) is 0. The van der Waals surface area contributed by atoms with Crippen molar-refractivity contribution in [3.05, 3.63) is 89.5 Å². The number of rotatable bonds is 4. The highest BCUT2D eigenvalue weighted by Crippen LogP contribution is 2.53. The summed E-state index contributed by atoms with van der Waals surface area (Å²) in [4.78, 5) is 7.44. The van der Waals surface area contributed by atoms with Gasteiger partial charge >= 0.3 is 0 Å². The Morgan fingerprint density at radius 1 is 0.690 bits per heavy atom. The van der Waals surface area contributed by atoms with E-state index in [0.717, 1.165) is 6.42 Å². The Kier molecular flexibility index (Phi) is 4.46. The predicted molar refractivity (Wildman–Crippen MR) is 123 cm³/mol.